The fourth-order valence-electron chi connectivity index (χ4n) is 1.74. The SMILES string of the molecule is Cc1cc(Br)c(NC(=O)c2ccc(C)c(Br)c2)c(Br)c1. The third-order valence-electron chi connectivity index (χ3n) is 2.86. The maximum Gasteiger partial charge on any atom is 0.255 e. The van der Waals surface area contributed by atoms with E-state index in [1.165, 1.54) is 0 Å². The second-order valence-corrected chi connectivity index (χ2v) is 7.08. The fourth-order valence-corrected chi connectivity index (χ4v) is 3.73. The number of carbonyl (C=O) groups excluding carboxylic acids is 1. The Balaban J connectivity index is 2.30. The van der Waals surface area contributed by atoms with Crippen LogP contribution >= 0.6 is 47.8 Å². The third kappa shape index (κ3) is 3.51. The molecular weight excluding hydrogens is 450 g/mol. The second kappa shape index (κ2) is 6.41. The molecule has 0 aliphatic rings. The van der Waals surface area contributed by atoms with E-state index in [2.05, 4.69) is 53.1 Å². The number of carbonyl (C=O) groups is 1. The van der Waals surface area contributed by atoms with E-state index in [4.69, 9.17) is 0 Å². The molecule has 0 heterocycles. The van der Waals surface area contributed by atoms with Crippen LogP contribution in [0, 0.1) is 13.8 Å². The average Bonchev–Trinajstić information content (AvgIpc) is 2.36. The minimum absolute atomic E-state index is 0.143. The Labute approximate surface area is 143 Å². The number of aryl methyl sites for hydroxylation is 2. The van der Waals surface area contributed by atoms with Crippen LogP contribution < -0.4 is 5.32 Å². The molecule has 0 bridgehead atoms. The molecule has 2 aromatic rings. The van der Waals surface area contributed by atoms with Crippen molar-refractivity contribution in [3.63, 3.8) is 0 Å². The Kier molecular flexibility index (Phi) is 5.04. The standard InChI is InChI=1S/C15H12Br3NO/c1-8-5-12(17)14(13(18)6-8)19-15(20)10-4-3-9(2)11(16)7-10/h3-7H,1-2H3,(H,19,20). The highest BCUT2D eigenvalue weighted by atomic mass is 79.9. The predicted octanol–water partition coefficient (Wildman–Crippen LogP) is 5.84. The Morgan fingerprint density at radius 2 is 1.55 bits per heavy atom. The predicted molar refractivity (Wildman–Crippen MR) is 93.4 cm³/mol. The number of benzene rings is 2. The van der Waals surface area contributed by atoms with Crippen LogP contribution in [0.25, 0.3) is 0 Å². The molecule has 0 saturated carbocycles. The number of nitrogens with one attached hydrogen (secondary N) is 1. The first-order valence-electron chi connectivity index (χ1n) is 5.91. The fraction of sp³-hybridized carbons (Fsp3) is 0.133. The van der Waals surface area contributed by atoms with Crippen LogP contribution in [0.3, 0.4) is 0 Å². The molecule has 1 N–H and O–H groups in total. The summed E-state index contributed by atoms with van der Waals surface area (Å²) in [6, 6.07) is 9.47. The number of amides is 1. The summed E-state index contributed by atoms with van der Waals surface area (Å²) in [6.45, 7) is 3.98. The van der Waals surface area contributed by atoms with Gasteiger partial charge in [-0.3, -0.25) is 4.79 Å². The number of hydrogen-bond donors (Lipinski definition) is 1. The zero-order valence-corrected chi connectivity index (χ0v) is 15.7. The van der Waals surface area contributed by atoms with Gasteiger partial charge in [0.1, 0.15) is 0 Å². The minimum atomic E-state index is -0.143. The lowest BCUT2D eigenvalue weighted by Crippen LogP contribution is -2.13. The van der Waals surface area contributed by atoms with E-state index >= 15 is 0 Å². The molecule has 0 aliphatic carbocycles. The van der Waals surface area contributed by atoms with Crippen molar-refractivity contribution in [2.24, 2.45) is 0 Å². The molecule has 2 rings (SSSR count). The smallest absolute Gasteiger partial charge is 0.255 e. The molecule has 0 radical (unpaired) electrons. The molecule has 0 unspecified atom stereocenters. The molecule has 20 heavy (non-hydrogen) atoms. The second-order valence-electron chi connectivity index (χ2n) is 4.52. The first-order chi connectivity index (χ1) is 9.38. The summed E-state index contributed by atoms with van der Waals surface area (Å²) in [5, 5.41) is 2.92. The Morgan fingerprint density at radius 3 is 2.10 bits per heavy atom. The number of halogens is 3. The summed E-state index contributed by atoms with van der Waals surface area (Å²) in [6.07, 6.45) is 0. The first-order valence-corrected chi connectivity index (χ1v) is 8.29. The lowest BCUT2D eigenvalue weighted by Gasteiger charge is -2.11. The van der Waals surface area contributed by atoms with Crippen LogP contribution in [0.2, 0.25) is 0 Å². The van der Waals surface area contributed by atoms with Gasteiger partial charge in [-0.2, -0.15) is 0 Å². The lowest BCUT2D eigenvalue weighted by atomic mass is 10.1. The van der Waals surface area contributed by atoms with Crippen molar-refractivity contribution in [1.82, 2.24) is 0 Å². The topological polar surface area (TPSA) is 29.1 Å². The molecule has 1 amide bonds. The van der Waals surface area contributed by atoms with Gasteiger partial charge in [0.25, 0.3) is 5.91 Å². The van der Waals surface area contributed by atoms with E-state index in [1.54, 1.807) is 0 Å². The van der Waals surface area contributed by atoms with Crippen LogP contribution in [0.15, 0.2) is 43.7 Å². The molecule has 0 aliphatic heterocycles. The number of hydrogen-bond acceptors (Lipinski definition) is 1. The van der Waals surface area contributed by atoms with E-state index in [0.717, 1.165) is 30.2 Å². The van der Waals surface area contributed by atoms with E-state index in [9.17, 15) is 4.79 Å². The maximum atomic E-state index is 12.3. The van der Waals surface area contributed by atoms with Crippen molar-refractivity contribution < 1.29 is 4.79 Å². The van der Waals surface area contributed by atoms with Gasteiger partial charge in [-0.25, -0.2) is 0 Å². The number of rotatable bonds is 2. The van der Waals surface area contributed by atoms with Gasteiger partial charge in [0.05, 0.1) is 5.69 Å². The van der Waals surface area contributed by atoms with E-state index in [0.29, 0.717) is 5.56 Å². The summed E-state index contributed by atoms with van der Waals surface area (Å²) in [4.78, 5) is 12.3. The third-order valence-corrected chi connectivity index (χ3v) is 4.96. The monoisotopic (exact) mass is 459 g/mol. The zero-order valence-electron chi connectivity index (χ0n) is 10.9. The van der Waals surface area contributed by atoms with Gasteiger partial charge in [0.2, 0.25) is 0 Å². The minimum Gasteiger partial charge on any atom is -0.320 e. The Morgan fingerprint density at radius 1 is 0.950 bits per heavy atom. The van der Waals surface area contributed by atoms with Crippen molar-refractivity contribution in [3.05, 3.63) is 60.4 Å². The van der Waals surface area contributed by atoms with E-state index in [-0.39, 0.29) is 5.91 Å². The van der Waals surface area contributed by atoms with Crippen LogP contribution in [0.5, 0.6) is 0 Å². The largest absolute Gasteiger partial charge is 0.320 e. The van der Waals surface area contributed by atoms with E-state index in [1.807, 2.05) is 44.2 Å². The Hall–Kier alpha value is -0.650. The maximum absolute atomic E-state index is 12.3. The molecule has 5 heteroatoms. The summed E-state index contributed by atoms with van der Waals surface area (Å²) in [5.74, 6) is -0.143. The zero-order chi connectivity index (χ0) is 14.9. The number of anilines is 1. The van der Waals surface area contributed by atoms with Crippen LogP contribution in [-0.4, -0.2) is 5.91 Å². The summed E-state index contributed by atoms with van der Waals surface area (Å²) in [5.41, 5.74) is 3.55. The molecule has 0 aromatic heterocycles. The van der Waals surface area contributed by atoms with Crippen molar-refractivity contribution in [2.45, 2.75) is 13.8 Å². The van der Waals surface area contributed by atoms with E-state index < -0.39 is 0 Å². The average molecular weight is 462 g/mol. The van der Waals surface area contributed by atoms with Gasteiger partial charge in [-0.1, -0.05) is 22.0 Å². The highest BCUT2D eigenvalue weighted by Gasteiger charge is 2.12. The van der Waals surface area contributed by atoms with Crippen molar-refractivity contribution in [3.8, 4) is 0 Å². The normalized spacial score (nSPS) is 10.4. The van der Waals surface area contributed by atoms with Gasteiger partial charge in [0.15, 0.2) is 0 Å². The van der Waals surface area contributed by atoms with Crippen molar-refractivity contribution in [2.75, 3.05) is 5.32 Å². The molecule has 2 aromatic carbocycles. The molecule has 0 atom stereocenters. The van der Waals surface area contributed by atoms with Gasteiger partial charge >= 0.3 is 0 Å². The first kappa shape index (κ1) is 15.7. The quantitative estimate of drug-likeness (QED) is 0.597. The van der Waals surface area contributed by atoms with Gasteiger partial charge in [-0.15, -0.1) is 0 Å². The molecular formula is C15H12Br3NO. The van der Waals surface area contributed by atoms with Gasteiger partial charge < -0.3 is 5.32 Å². The van der Waals surface area contributed by atoms with Gasteiger partial charge in [0, 0.05) is 19.0 Å². The molecule has 0 spiro atoms. The molecule has 0 fully saturated rings. The molecule has 104 valence electrons. The van der Waals surface area contributed by atoms with Crippen LogP contribution in [0.1, 0.15) is 21.5 Å². The summed E-state index contributed by atoms with van der Waals surface area (Å²) >= 11 is 10.4. The molecule has 2 nitrogen and oxygen atoms in total. The van der Waals surface area contributed by atoms with Crippen LogP contribution in [-0.2, 0) is 0 Å². The summed E-state index contributed by atoms with van der Waals surface area (Å²) in [7, 11) is 0. The van der Waals surface area contributed by atoms with Crippen molar-refractivity contribution >= 4 is 59.4 Å². The van der Waals surface area contributed by atoms with Gasteiger partial charge in [-0.05, 0) is 81.1 Å². The highest BCUT2D eigenvalue weighted by Crippen LogP contribution is 2.32. The highest BCUT2D eigenvalue weighted by molar-refractivity contribution is 9.11. The molecule has 0 saturated heterocycles. The van der Waals surface area contributed by atoms with Crippen LogP contribution in [0.4, 0.5) is 5.69 Å². The summed E-state index contributed by atoms with van der Waals surface area (Å²) < 4.78 is 2.62. The lowest BCUT2D eigenvalue weighted by molar-refractivity contribution is 0.102. The van der Waals surface area contributed by atoms with Crippen molar-refractivity contribution in [1.29, 1.82) is 0 Å². The Bertz CT molecular complexity index is 660.